The molecule has 1 saturated heterocycles. The van der Waals surface area contributed by atoms with Gasteiger partial charge in [-0.15, -0.1) is 0 Å². The lowest BCUT2D eigenvalue weighted by atomic mass is 9.86. The van der Waals surface area contributed by atoms with Crippen LogP contribution in [0, 0.1) is 17.7 Å². The van der Waals surface area contributed by atoms with Crippen molar-refractivity contribution in [2.45, 2.75) is 39.7 Å². The Morgan fingerprint density at radius 2 is 1.84 bits per heavy atom. The lowest BCUT2D eigenvalue weighted by Gasteiger charge is -2.37. The third-order valence-electron chi connectivity index (χ3n) is 4.50. The van der Waals surface area contributed by atoms with Gasteiger partial charge in [-0.2, -0.15) is 0 Å². The minimum absolute atomic E-state index is 0.0730. The molecule has 1 aliphatic heterocycles. The average molecular weight is 265 g/mol. The van der Waals surface area contributed by atoms with E-state index in [1.807, 2.05) is 6.92 Å². The van der Waals surface area contributed by atoms with Crippen LogP contribution >= 0.6 is 0 Å². The first-order chi connectivity index (χ1) is 8.99. The van der Waals surface area contributed by atoms with Gasteiger partial charge in [0.2, 0.25) is 0 Å². The number of phenols is 1. The molecule has 1 N–H and O–H groups in total. The van der Waals surface area contributed by atoms with Gasteiger partial charge in [0, 0.05) is 11.6 Å². The molecule has 1 aromatic carbocycles. The second-order valence-electron chi connectivity index (χ2n) is 6.00. The number of hydrogen-bond donors (Lipinski definition) is 1. The molecule has 1 aromatic rings. The van der Waals surface area contributed by atoms with E-state index in [2.05, 4.69) is 18.7 Å². The van der Waals surface area contributed by atoms with Crippen molar-refractivity contribution in [3.63, 3.8) is 0 Å². The fourth-order valence-electron chi connectivity index (χ4n) is 3.03. The zero-order chi connectivity index (χ0) is 14.0. The van der Waals surface area contributed by atoms with E-state index in [-0.39, 0.29) is 17.6 Å². The van der Waals surface area contributed by atoms with Gasteiger partial charge in [0.25, 0.3) is 0 Å². The van der Waals surface area contributed by atoms with E-state index >= 15 is 0 Å². The van der Waals surface area contributed by atoms with Crippen LogP contribution in [0.4, 0.5) is 4.39 Å². The molecule has 0 amide bonds. The number of aromatic hydroxyl groups is 1. The molecule has 106 valence electrons. The molecule has 3 heteroatoms. The van der Waals surface area contributed by atoms with Gasteiger partial charge in [-0.05, 0) is 62.9 Å². The molecule has 1 fully saturated rings. The highest BCUT2D eigenvalue weighted by Gasteiger charge is 2.26. The van der Waals surface area contributed by atoms with Crippen LogP contribution in [0.1, 0.15) is 45.2 Å². The van der Waals surface area contributed by atoms with Crippen LogP contribution in [0.25, 0.3) is 0 Å². The van der Waals surface area contributed by atoms with Crippen LogP contribution in [0.5, 0.6) is 5.75 Å². The highest BCUT2D eigenvalue weighted by atomic mass is 19.1. The van der Waals surface area contributed by atoms with Crippen LogP contribution in [-0.4, -0.2) is 23.1 Å². The quantitative estimate of drug-likeness (QED) is 0.894. The fraction of sp³-hybridized carbons (Fsp3) is 0.625. The smallest absolute Gasteiger partial charge is 0.123 e. The minimum Gasteiger partial charge on any atom is -0.508 e. The van der Waals surface area contributed by atoms with Gasteiger partial charge in [-0.1, -0.05) is 13.8 Å². The van der Waals surface area contributed by atoms with Crippen molar-refractivity contribution in [3.8, 4) is 5.75 Å². The predicted octanol–water partition coefficient (Wildman–Crippen LogP) is 3.96. The number of rotatable bonds is 3. The van der Waals surface area contributed by atoms with Gasteiger partial charge in [-0.25, -0.2) is 4.39 Å². The Bertz CT molecular complexity index is 425. The monoisotopic (exact) mass is 265 g/mol. The molecule has 19 heavy (non-hydrogen) atoms. The van der Waals surface area contributed by atoms with Crippen LogP contribution in [-0.2, 0) is 0 Å². The van der Waals surface area contributed by atoms with E-state index in [1.165, 1.54) is 31.0 Å². The number of hydrogen-bond acceptors (Lipinski definition) is 2. The molecule has 0 bridgehead atoms. The first kappa shape index (κ1) is 14.3. The van der Waals surface area contributed by atoms with E-state index < -0.39 is 0 Å². The predicted molar refractivity (Wildman–Crippen MR) is 75.6 cm³/mol. The maximum Gasteiger partial charge on any atom is 0.123 e. The largest absolute Gasteiger partial charge is 0.508 e. The fourth-order valence-corrected chi connectivity index (χ4v) is 3.03. The van der Waals surface area contributed by atoms with Crippen LogP contribution < -0.4 is 0 Å². The second kappa shape index (κ2) is 5.91. The van der Waals surface area contributed by atoms with Crippen molar-refractivity contribution < 1.29 is 9.50 Å². The van der Waals surface area contributed by atoms with Gasteiger partial charge < -0.3 is 5.11 Å². The summed E-state index contributed by atoms with van der Waals surface area (Å²) in [6.07, 6.45) is 2.39. The highest BCUT2D eigenvalue weighted by molar-refractivity contribution is 5.35. The first-order valence-electron chi connectivity index (χ1n) is 7.21. The zero-order valence-electron chi connectivity index (χ0n) is 12.1. The Labute approximate surface area is 115 Å². The van der Waals surface area contributed by atoms with Gasteiger partial charge in [-0.3, -0.25) is 4.90 Å². The molecular formula is C16H24FNO. The average Bonchev–Trinajstić information content (AvgIpc) is 2.41. The Kier molecular flexibility index (Phi) is 4.46. The highest BCUT2D eigenvalue weighted by Crippen LogP contribution is 2.33. The Morgan fingerprint density at radius 1 is 1.21 bits per heavy atom. The number of halogens is 1. The number of nitrogens with zero attached hydrogens (tertiary/aromatic N) is 1. The SMILES string of the molecule is CC(C)C1CCN(C(C)c2cc(F)ccc2O)CC1. The van der Waals surface area contributed by atoms with E-state index in [9.17, 15) is 9.50 Å². The van der Waals surface area contributed by atoms with Crippen LogP contribution in [0.2, 0.25) is 0 Å². The summed E-state index contributed by atoms with van der Waals surface area (Å²) < 4.78 is 13.3. The zero-order valence-corrected chi connectivity index (χ0v) is 12.1. The van der Waals surface area contributed by atoms with Gasteiger partial charge >= 0.3 is 0 Å². The maximum atomic E-state index is 13.3. The normalized spacial score (nSPS) is 19.8. The third kappa shape index (κ3) is 3.27. The minimum atomic E-state index is -0.281. The molecule has 1 heterocycles. The Morgan fingerprint density at radius 3 is 2.42 bits per heavy atom. The Hall–Kier alpha value is -1.09. The summed E-state index contributed by atoms with van der Waals surface area (Å²) in [6, 6.07) is 4.27. The molecule has 0 spiro atoms. The number of piperidine rings is 1. The lowest BCUT2D eigenvalue weighted by molar-refractivity contribution is 0.120. The molecule has 2 rings (SSSR count). The maximum absolute atomic E-state index is 13.3. The van der Waals surface area contributed by atoms with Gasteiger partial charge in [0.1, 0.15) is 11.6 Å². The van der Waals surface area contributed by atoms with E-state index in [1.54, 1.807) is 0 Å². The molecule has 1 atom stereocenters. The van der Waals surface area contributed by atoms with Crippen molar-refractivity contribution in [1.82, 2.24) is 4.90 Å². The summed E-state index contributed by atoms with van der Waals surface area (Å²) in [7, 11) is 0. The molecule has 1 aliphatic rings. The summed E-state index contributed by atoms with van der Waals surface area (Å²) in [5.41, 5.74) is 0.697. The summed E-state index contributed by atoms with van der Waals surface area (Å²) in [5.74, 6) is 1.45. The first-order valence-corrected chi connectivity index (χ1v) is 7.21. The van der Waals surface area contributed by atoms with Gasteiger partial charge in [0.05, 0.1) is 0 Å². The topological polar surface area (TPSA) is 23.5 Å². The van der Waals surface area contributed by atoms with Crippen molar-refractivity contribution in [2.75, 3.05) is 13.1 Å². The second-order valence-corrected chi connectivity index (χ2v) is 6.00. The number of likely N-dealkylation sites (tertiary alicyclic amines) is 1. The standard InChI is InChI=1S/C16H24FNO/c1-11(2)13-6-8-18(9-7-13)12(3)15-10-14(17)4-5-16(15)19/h4-5,10-13,19H,6-9H2,1-3H3. The summed E-state index contributed by atoms with van der Waals surface area (Å²) in [4.78, 5) is 2.34. The summed E-state index contributed by atoms with van der Waals surface area (Å²) in [5, 5.41) is 9.88. The van der Waals surface area contributed by atoms with E-state index in [4.69, 9.17) is 0 Å². The molecule has 2 nitrogen and oxygen atoms in total. The van der Waals surface area contributed by atoms with E-state index in [0.29, 0.717) is 5.56 Å². The molecule has 1 unspecified atom stereocenters. The summed E-state index contributed by atoms with van der Waals surface area (Å²) in [6.45, 7) is 8.66. The number of benzene rings is 1. The van der Waals surface area contributed by atoms with Crippen LogP contribution in [0.3, 0.4) is 0 Å². The molecule has 0 aliphatic carbocycles. The van der Waals surface area contributed by atoms with Crippen molar-refractivity contribution in [3.05, 3.63) is 29.6 Å². The molecule has 0 aromatic heterocycles. The molecule has 0 saturated carbocycles. The summed E-state index contributed by atoms with van der Waals surface area (Å²) >= 11 is 0. The Balaban J connectivity index is 2.05. The van der Waals surface area contributed by atoms with Crippen LogP contribution in [0.15, 0.2) is 18.2 Å². The van der Waals surface area contributed by atoms with Crippen molar-refractivity contribution >= 4 is 0 Å². The molecular weight excluding hydrogens is 241 g/mol. The van der Waals surface area contributed by atoms with Crippen molar-refractivity contribution in [2.24, 2.45) is 11.8 Å². The number of phenolic OH excluding ortho intramolecular Hbond substituents is 1. The lowest BCUT2D eigenvalue weighted by Crippen LogP contribution is -2.37. The molecule has 0 radical (unpaired) electrons. The van der Waals surface area contributed by atoms with Crippen molar-refractivity contribution in [1.29, 1.82) is 0 Å². The van der Waals surface area contributed by atoms with E-state index in [0.717, 1.165) is 24.9 Å². The van der Waals surface area contributed by atoms with Gasteiger partial charge in [0.15, 0.2) is 0 Å². The third-order valence-corrected chi connectivity index (χ3v) is 4.50.